The molecule has 0 radical (unpaired) electrons. The van der Waals surface area contributed by atoms with Gasteiger partial charge >= 0.3 is 6.09 Å². The number of hydrogen-bond donors (Lipinski definition) is 0. The summed E-state index contributed by atoms with van der Waals surface area (Å²) in [6.07, 6.45) is 3.19. The SMILES string of the molecule is O=C1OCC2CCN(CC3CC3)Cc3ccc(F)cc3N12. The van der Waals surface area contributed by atoms with Crippen LogP contribution in [0, 0.1) is 11.7 Å². The Morgan fingerprint density at radius 3 is 2.95 bits per heavy atom. The Hall–Kier alpha value is -1.62. The Morgan fingerprint density at radius 1 is 1.29 bits per heavy atom. The fourth-order valence-corrected chi connectivity index (χ4v) is 3.34. The van der Waals surface area contributed by atoms with Gasteiger partial charge in [-0.05, 0) is 42.9 Å². The maximum Gasteiger partial charge on any atom is 0.414 e. The summed E-state index contributed by atoms with van der Waals surface area (Å²) in [5.41, 5.74) is 1.70. The Bertz CT molecular complexity index is 573. The van der Waals surface area contributed by atoms with Gasteiger partial charge in [-0.3, -0.25) is 9.80 Å². The van der Waals surface area contributed by atoms with E-state index < -0.39 is 0 Å². The summed E-state index contributed by atoms with van der Waals surface area (Å²) < 4.78 is 18.8. The molecule has 0 bridgehead atoms. The number of hydrogen-bond acceptors (Lipinski definition) is 3. The van der Waals surface area contributed by atoms with Crippen molar-refractivity contribution in [2.24, 2.45) is 5.92 Å². The highest BCUT2D eigenvalue weighted by atomic mass is 19.1. The number of anilines is 1. The number of nitrogens with zero attached hydrogens (tertiary/aromatic N) is 2. The van der Waals surface area contributed by atoms with Crippen molar-refractivity contribution in [3.05, 3.63) is 29.6 Å². The molecular formula is C16H19FN2O2. The van der Waals surface area contributed by atoms with Crippen molar-refractivity contribution in [1.82, 2.24) is 4.90 Å². The molecule has 2 fully saturated rings. The fraction of sp³-hybridized carbons (Fsp3) is 0.562. The van der Waals surface area contributed by atoms with Gasteiger partial charge in [0.1, 0.15) is 12.4 Å². The van der Waals surface area contributed by atoms with Gasteiger partial charge in [0.15, 0.2) is 0 Å². The standard InChI is InChI=1S/C16H19FN2O2/c17-13-4-3-12-9-18(8-11-1-2-11)6-5-14-10-21-16(20)19(14)15(12)7-13/h3-4,7,11,14H,1-2,5-6,8-10H2. The number of fused-ring (bicyclic) bond motifs is 3. The highest BCUT2D eigenvalue weighted by Crippen LogP contribution is 2.35. The van der Waals surface area contributed by atoms with E-state index in [0.29, 0.717) is 12.3 Å². The maximum absolute atomic E-state index is 13.6. The minimum Gasteiger partial charge on any atom is -0.447 e. The van der Waals surface area contributed by atoms with E-state index in [9.17, 15) is 9.18 Å². The first-order valence-corrected chi connectivity index (χ1v) is 7.67. The molecule has 0 spiro atoms. The summed E-state index contributed by atoms with van der Waals surface area (Å²) in [5, 5.41) is 0. The van der Waals surface area contributed by atoms with E-state index in [0.717, 1.165) is 37.5 Å². The van der Waals surface area contributed by atoms with Crippen molar-refractivity contribution >= 4 is 11.8 Å². The van der Waals surface area contributed by atoms with Crippen LogP contribution in [0.3, 0.4) is 0 Å². The lowest BCUT2D eigenvalue weighted by Crippen LogP contribution is -2.40. The quantitative estimate of drug-likeness (QED) is 0.839. The third kappa shape index (κ3) is 2.50. The second kappa shape index (κ2) is 4.98. The minimum absolute atomic E-state index is 0.0278. The zero-order valence-corrected chi connectivity index (χ0v) is 11.9. The first-order valence-electron chi connectivity index (χ1n) is 7.67. The minimum atomic E-state index is -0.345. The van der Waals surface area contributed by atoms with Crippen LogP contribution in [-0.4, -0.2) is 36.7 Å². The van der Waals surface area contributed by atoms with Gasteiger partial charge in [-0.1, -0.05) is 6.07 Å². The number of cyclic esters (lactones) is 1. The Kier molecular flexibility index (Phi) is 3.10. The summed E-state index contributed by atoms with van der Waals surface area (Å²) in [7, 11) is 0. The zero-order chi connectivity index (χ0) is 14.4. The maximum atomic E-state index is 13.6. The number of carbonyl (C=O) groups is 1. The molecular weight excluding hydrogens is 271 g/mol. The van der Waals surface area contributed by atoms with E-state index >= 15 is 0 Å². The summed E-state index contributed by atoms with van der Waals surface area (Å²) >= 11 is 0. The number of ether oxygens (including phenoxy) is 1. The summed E-state index contributed by atoms with van der Waals surface area (Å²) in [5.74, 6) is 0.521. The highest BCUT2D eigenvalue weighted by molar-refractivity contribution is 5.91. The third-order valence-corrected chi connectivity index (χ3v) is 4.65. The lowest BCUT2D eigenvalue weighted by Gasteiger charge is -2.32. The molecule has 1 atom stereocenters. The van der Waals surface area contributed by atoms with Crippen LogP contribution in [0.25, 0.3) is 0 Å². The van der Waals surface area contributed by atoms with Gasteiger partial charge in [0.05, 0.1) is 11.7 Å². The van der Waals surface area contributed by atoms with Gasteiger partial charge in [-0.25, -0.2) is 9.18 Å². The normalized spacial score (nSPS) is 25.9. The molecule has 3 aliphatic rings. The molecule has 0 N–H and O–H groups in total. The molecule has 1 saturated carbocycles. The molecule has 2 heterocycles. The van der Waals surface area contributed by atoms with E-state index in [1.54, 1.807) is 11.0 Å². The Balaban J connectivity index is 1.69. The average Bonchev–Trinajstić information content (AvgIpc) is 3.19. The molecule has 1 unspecified atom stereocenters. The van der Waals surface area contributed by atoms with Crippen LogP contribution >= 0.6 is 0 Å². The number of benzene rings is 1. The molecule has 1 aromatic carbocycles. The van der Waals surface area contributed by atoms with E-state index in [4.69, 9.17) is 4.74 Å². The second-order valence-corrected chi connectivity index (χ2v) is 6.34. The first-order chi connectivity index (χ1) is 10.2. The molecule has 0 aromatic heterocycles. The molecule has 1 aromatic rings. The van der Waals surface area contributed by atoms with Crippen LogP contribution in [0.1, 0.15) is 24.8 Å². The lowest BCUT2D eigenvalue weighted by molar-refractivity contribution is 0.177. The van der Waals surface area contributed by atoms with Crippen LogP contribution in [-0.2, 0) is 11.3 Å². The van der Waals surface area contributed by atoms with Gasteiger partial charge in [-0.2, -0.15) is 0 Å². The van der Waals surface area contributed by atoms with Crippen LogP contribution in [0.2, 0.25) is 0 Å². The van der Waals surface area contributed by atoms with Crippen LogP contribution in [0.5, 0.6) is 0 Å². The molecule has 4 nitrogen and oxygen atoms in total. The fourth-order valence-electron chi connectivity index (χ4n) is 3.34. The molecule has 1 saturated heterocycles. The van der Waals surface area contributed by atoms with E-state index in [1.165, 1.54) is 25.0 Å². The molecule has 112 valence electrons. The van der Waals surface area contributed by atoms with Crippen molar-refractivity contribution < 1.29 is 13.9 Å². The number of carbonyl (C=O) groups excluding carboxylic acids is 1. The molecule has 21 heavy (non-hydrogen) atoms. The van der Waals surface area contributed by atoms with Gasteiger partial charge in [0.2, 0.25) is 0 Å². The molecule has 1 aliphatic carbocycles. The van der Waals surface area contributed by atoms with Gasteiger partial charge < -0.3 is 4.74 Å². The first kappa shape index (κ1) is 13.1. The summed E-state index contributed by atoms with van der Waals surface area (Å²) in [4.78, 5) is 16.1. The van der Waals surface area contributed by atoms with E-state index in [2.05, 4.69) is 4.90 Å². The summed E-state index contributed by atoms with van der Waals surface area (Å²) in [6, 6.07) is 4.78. The number of halogens is 1. The van der Waals surface area contributed by atoms with Crippen molar-refractivity contribution in [3.8, 4) is 0 Å². The number of amides is 1. The smallest absolute Gasteiger partial charge is 0.414 e. The monoisotopic (exact) mass is 290 g/mol. The molecule has 5 heteroatoms. The van der Waals surface area contributed by atoms with Gasteiger partial charge in [-0.15, -0.1) is 0 Å². The van der Waals surface area contributed by atoms with Crippen molar-refractivity contribution in [2.45, 2.75) is 31.8 Å². The highest BCUT2D eigenvalue weighted by Gasteiger charge is 2.37. The molecule has 2 aliphatic heterocycles. The van der Waals surface area contributed by atoms with E-state index in [-0.39, 0.29) is 18.0 Å². The molecule has 4 rings (SSSR count). The Labute approximate surface area is 123 Å². The van der Waals surface area contributed by atoms with Gasteiger partial charge in [0, 0.05) is 19.6 Å². The zero-order valence-electron chi connectivity index (χ0n) is 11.9. The predicted octanol–water partition coefficient (Wildman–Crippen LogP) is 2.77. The second-order valence-electron chi connectivity index (χ2n) is 6.34. The van der Waals surface area contributed by atoms with Crippen molar-refractivity contribution in [2.75, 3.05) is 24.6 Å². The van der Waals surface area contributed by atoms with Crippen molar-refractivity contribution in [1.29, 1.82) is 0 Å². The molecule has 1 amide bonds. The third-order valence-electron chi connectivity index (χ3n) is 4.65. The largest absolute Gasteiger partial charge is 0.447 e. The van der Waals surface area contributed by atoms with Crippen molar-refractivity contribution in [3.63, 3.8) is 0 Å². The summed E-state index contributed by atoms with van der Waals surface area (Å²) in [6.45, 7) is 3.26. The lowest BCUT2D eigenvalue weighted by atomic mass is 10.0. The van der Waals surface area contributed by atoms with Crippen LogP contribution < -0.4 is 4.90 Å². The predicted molar refractivity (Wildman–Crippen MR) is 76.6 cm³/mol. The van der Waals surface area contributed by atoms with Crippen LogP contribution in [0.4, 0.5) is 14.9 Å². The van der Waals surface area contributed by atoms with Crippen LogP contribution in [0.15, 0.2) is 18.2 Å². The average molecular weight is 290 g/mol. The van der Waals surface area contributed by atoms with E-state index in [1.807, 2.05) is 0 Å². The topological polar surface area (TPSA) is 32.8 Å². The Morgan fingerprint density at radius 2 is 2.14 bits per heavy atom. The van der Waals surface area contributed by atoms with Gasteiger partial charge in [0.25, 0.3) is 0 Å². The number of rotatable bonds is 2.